The number of hydrogen-bond acceptors (Lipinski definition) is 2. The summed E-state index contributed by atoms with van der Waals surface area (Å²) in [5, 5.41) is 0.227. The molecule has 1 unspecified atom stereocenters. The molecule has 7 heteroatoms. The van der Waals surface area contributed by atoms with Gasteiger partial charge in [-0.2, -0.15) is 0 Å². The quantitative estimate of drug-likeness (QED) is 0.541. The molecule has 0 saturated carbocycles. The first-order chi connectivity index (χ1) is 5.52. The van der Waals surface area contributed by atoms with E-state index in [9.17, 15) is 8.76 Å². The summed E-state index contributed by atoms with van der Waals surface area (Å²) < 4.78 is 21.8. The van der Waals surface area contributed by atoms with Crippen LogP contribution in [-0.4, -0.2) is 8.76 Å². The van der Waals surface area contributed by atoms with E-state index in [0.29, 0.717) is 4.47 Å². The molecule has 0 fully saturated rings. The van der Waals surface area contributed by atoms with E-state index in [1.807, 2.05) is 0 Å². The summed E-state index contributed by atoms with van der Waals surface area (Å²) in [6.45, 7) is 0. The van der Waals surface area contributed by atoms with E-state index < -0.39 is 11.1 Å². The predicted octanol–water partition coefficient (Wildman–Crippen LogP) is -0.00210. The molecule has 0 aliphatic carbocycles. The molecule has 66 valence electrons. The van der Waals surface area contributed by atoms with Crippen LogP contribution in [-0.2, 0) is 11.1 Å². The Morgan fingerprint density at radius 2 is 1.69 bits per heavy atom. The Kier molecular flexibility index (Phi) is 6.73. The molecule has 1 rings (SSSR count). The largest absolute Gasteiger partial charge is 1.00 e. The molecule has 0 N–H and O–H groups in total. The van der Waals surface area contributed by atoms with Crippen molar-refractivity contribution in [3.63, 3.8) is 0 Å². The summed E-state index contributed by atoms with van der Waals surface area (Å²) >= 11 is 12.0. The summed E-state index contributed by atoms with van der Waals surface area (Å²) in [6.07, 6.45) is 0. The van der Waals surface area contributed by atoms with Crippen LogP contribution < -0.4 is 29.6 Å². The molecular formula is C6H2BrCl2NaO2S. The minimum atomic E-state index is -2.40. The van der Waals surface area contributed by atoms with Crippen molar-refractivity contribution >= 4 is 50.2 Å². The standard InChI is InChI=1S/C6H3BrCl2O2S.Na/c7-3-1-4(8)6(12(10)11)5(9)2-3;/h1-2H,(H,10,11);/q;+1/p-1. The Morgan fingerprint density at radius 1 is 1.31 bits per heavy atom. The van der Waals surface area contributed by atoms with E-state index in [1.165, 1.54) is 12.1 Å². The molecule has 0 aromatic heterocycles. The molecule has 13 heavy (non-hydrogen) atoms. The molecule has 0 radical (unpaired) electrons. The minimum absolute atomic E-state index is 0. The Morgan fingerprint density at radius 3 is 2.00 bits per heavy atom. The van der Waals surface area contributed by atoms with E-state index in [2.05, 4.69) is 15.9 Å². The molecule has 0 saturated heterocycles. The number of rotatable bonds is 1. The Labute approximate surface area is 119 Å². The molecule has 0 bridgehead atoms. The summed E-state index contributed by atoms with van der Waals surface area (Å²) in [5.41, 5.74) is 0. The van der Waals surface area contributed by atoms with Crippen molar-refractivity contribution in [1.82, 2.24) is 0 Å². The topological polar surface area (TPSA) is 40.1 Å². The normalized spacial score (nSPS) is 12.0. The third-order valence-corrected chi connectivity index (χ3v) is 3.18. The van der Waals surface area contributed by atoms with Gasteiger partial charge in [0, 0.05) is 4.47 Å². The van der Waals surface area contributed by atoms with E-state index in [4.69, 9.17) is 23.2 Å². The van der Waals surface area contributed by atoms with E-state index in [0.717, 1.165) is 0 Å². The van der Waals surface area contributed by atoms with Crippen molar-refractivity contribution in [3.05, 3.63) is 26.7 Å². The van der Waals surface area contributed by atoms with E-state index in [1.54, 1.807) is 0 Å². The fraction of sp³-hybridized carbons (Fsp3) is 0. The van der Waals surface area contributed by atoms with Gasteiger partial charge in [0.15, 0.2) is 0 Å². The van der Waals surface area contributed by atoms with Crippen molar-refractivity contribution in [2.75, 3.05) is 0 Å². The van der Waals surface area contributed by atoms with Crippen LogP contribution in [0.4, 0.5) is 0 Å². The predicted molar refractivity (Wildman–Crippen MR) is 51.3 cm³/mol. The van der Waals surface area contributed by atoms with Crippen molar-refractivity contribution in [3.8, 4) is 0 Å². The van der Waals surface area contributed by atoms with Crippen LogP contribution >= 0.6 is 39.1 Å². The molecule has 0 aliphatic rings. The van der Waals surface area contributed by atoms with Crippen molar-refractivity contribution in [1.29, 1.82) is 0 Å². The van der Waals surface area contributed by atoms with Gasteiger partial charge in [0.1, 0.15) is 0 Å². The van der Waals surface area contributed by atoms with Gasteiger partial charge >= 0.3 is 29.6 Å². The SMILES string of the molecule is O=S([O-])c1c(Cl)cc(Br)cc1Cl.[Na+]. The van der Waals surface area contributed by atoms with Gasteiger partial charge in [0.25, 0.3) is 0 Å². The van der Waals surface area contributed by atoms with Gasteiger partial charge < -0.3 is 4.55 Å². The maximum Gasteiger partial charge on any atom is 1.00 e. The second kappa shape index (κ2) is 6.08. The van der Waals surface area contributed by atoms with Gasteiger partial charge in [-0.15, -0.1) is 0 Å². The zero-order valence-corrected chi connectivity index (χ0v) is 12.4. The Hall–Kier alpha value is 1.39. The van der Waals surface area contributed by atoms with E-state index in [-0.39, 0.29) is 44.5 Å². The first-order valence-corrected chi connectivity index (χ1v) is 5.38. The first kappa shape index (κ1) is 14.4. The molecule has 0 spiro atoms. The van der Waals surface area contributed by atoms with Crippen LogP contribution in [0.2, 0.25) is 10.0 Å². The van der Waals surface area contributed by atoms with Gasteiger partial charge in [-0.3, -0.25) is 4.21 Å². The van der Waals surface area contributed by atoms with Crippen molar-refractivity contribution in [2.24, 2.45) is 0 Å². The average molecular weight is 312 g/mol. The van der Waals surface area contributed by atoms with Crippen LogP contribution in [0, 0.1) is 0 Å². The van der Waals surface area contributed by atoms with Gasteiger partial charge in [-0.1, -0.05) is 39.1 Å². The third-order valence-electron chi connectivity index (χ3n) is 1.13. The van der Waals surface area contributed by atoms with Crippen LogP contribution in [0.1, 0.15) is 0 Å². The van der Waals surface area contributed by atoms with Crippen LogP contribution in [0.15, 0.2) is 21.5 Å². The summed E-state index contributed by atoms with van der Waals surface area (Å²) in [6, 6.07) is 2.94. The number of halogens is 3. The molecular weight excluding hydrogens is 310 g/mol. The second-order valence-corrected chi connectivity index (χ2v) is 4.54. The van der Waals surface area contributed by atoms with Crippen LogP contribution in [0.25, 0.3) is 0 Å². The number of hydrogen-bond donors (Lipinski definition) is 0. The number of benzene rings is 1. The molecule has 1 aromatic carbocycles. The van der Waals surface area contributed by atoms with Crippen LogP contribution in [0.3, 0.4) is 0 Å². The molecule has 1 atom stereocenters. The molecule has 0 amide bonds. The first-order valence-electron chi connectivity index (χ1n) is 2.76. The summed E-state index contributed by atoms with van der Waals surface area (Å²) in [7, 11) is 0. The third kappa shape index (κ3) is 3.80. The summed E-state index contributed by atoms with van der Waals surface area (Å²) in [4.78, 5) is -0.0680. The zero-order chi connectivity index (χ0) is 9.30. The second-order valence-electron chi connectivity index (χ2n) is 1.93. The molecule has 0 heterocycles. The fourth-order valence-corrected chi connectivity index (χ4v) is 2.71. The average Bonchev–Trinajstić information content (AvgIpc) is 1.82. The van der Waals surface area contributed by atoms with Gasteiger partial charge in [0.05, 0.1) is 14.9 Å². The van der Waals surface area contributed by atoms with Gasteiger partial charge in [0.2, 0.25) is 0 Å². The maximum atomic E-state index is 10.6. The van der Waals surface area contributed by atoms with Gasteiger partial charge in [-0.05, 0) is 23.2 Å². The molecule has 0 aliphatic heterocycles. The van der Waals surface area contributed by atoms with Crippen LogP contribution in [0.5, 0.6) is 0 Å². The molecule has 2 nitrogen and oxygen atoms in total. The van der Waals surface area contributed by atoms with E-state index >= 15 is 0 Å². The van der Waals surface area contributed by atoms with Crippen molar-refractivity contribution < 1.29 is 38.3 Å². The van der Waals surface area contributed by atoms with Gasteiger partial charge in [-0.25, -0.2) is 0 Å². The molecule has 1 aromatic rings. The Balaban J connectivity index is 0.00000144. The smallest absolute Gasteiger partial charge is 0.768 e. The minimum Gasteiger partial charge on any atom is -0.768 e. The maximum absolute atomic E-state index is 10.6. The summed E-state index contributed by atoms with van der Waals surface area (Å²) in [5.74, 6) is 0. The fourth-order valence-electron chi connectivity index (χ4n) is 0.688. The van der Waals surface area contributed by atoms with Crippen molar-refractivity contribution in [2.45, 2.75) is 4.90 Å². The zero-order valence-electron chi connectivity index (χ0n) is 6.51. The Bertz CT molecular complexity index is 324. The monoisotopic (exact) mass is 310 g/mol.